The van der Waals surface area contributed by atoms with E-state index in [1.54, 1.807) is 0 Å². The molecule has 1 aromatic carbocycles. The minimum atomic E-state index is -5.65. The molecular formula is C32H47F5O4S. The molecule has 2 N–H and O–H groups in total. The highest BCUT2D eigenvalue weighted by Crippen LogP contribution is 2.62. The van der Waals surface area contributed by atoms with Gasteiger partial charge in [-0.1, -0.05) is 51.5 Å². The zero-order valence-corrected chi connectivity index (χ0v) is 25.5. The van der Waals surface area contributed by atoms with Gasteiger partial charge in [0.25, 0.3) is 0 Å². The predicted molar refractivity (Wildman–Crippen MR) is 153 cm³/mol. The van der Waals surface area contributed by atoms with Gasteiger partial charge in [-0.3, -0.25) is 0 Å². The SMILES string of the molecule is C[C@]12CC[C@H]3c4ccc(O)cc4C[C@H](CCCCCCCCCS(=O)(=O)CCCC(F)(F)C(F)(F)F)[C@H]3[C@H]1CC[C@@H]2O. The molecule has 2 saturated carbocycles. The number of halogens is 5. The molecule has 240 valence electrons. The molecule has 1 aromatic rings. The number of sulfone groups is 1. The number of hydrogen-bond acceptors (Lipinski definition) is 4. The highest BCUT2D eigenvalue weighted by Gasteiger charge is 2.57. The van der Waals surface area contributed by atoms with Crippen LogP contribution in [0.2, 0.25) is 0 Å². The highest BCUT2D eigenvalue weighted by atomic mass is 32.2. The molecule has 0 amide bonds. The van der Waals surface area contributed by atoms with E-state index in [1.165, 1.54) is 11.1 Å². The summed E-state index contributed by atoms with van der Waals surface area (Å²) in [5.41, 5.74) is 2.65. The lowest BCUT2D eigenvalue weighted by Crippen LogP contribution is -2.47. The monoisotopic (exact) mass is 622 g/mol. The Morgan fingerprint density at radius 3 is 2.24 bits per heavy atom. The summed E-state index contributed by atoms with van der Waals surface area (Å²) < 4.78 is 86.8. The number of aliphatic hydroxyl groups excluding tert-OH is 1. The number of rotatable bonds is 14. The highest BCUT2D eigenvalue weighted by molar-refractivity contribution is 7.91. The Bertz CT molecular complexity index is 1150. The van der Waals surface area contributed by atoms with Crippen LogP contribution in [0.5, 0.6) is 5.75 Å². The first-order valence-electron chi connectivity index (χ1n) is 15.8. The molecule has 0 aromatic heterocycles. The second-order valence-corrected chi connectivity index (χ2v) is 15.8. The van der Waals surface area contributed by atoms with Gasteiger partial charge >= 0.3 is 12.1 Å². The van der Waals surface area contributed by atoms with Gasteiger partial charge in [-0.15, -0.1) is 0 Å². The number of unbranched alkanes of at least 4 members (excludes halogenated alkanes) is 6. The number of alkyl halides is 5. The van der Waals surface area contributed by atoms with Gasteiger partial charge in [0, 0.05) is 6.42 Å². The second kappa shape index (κ2) is 13.3. The zero-order valence-electron chi connectivity index (χ0n) is 24.6. The number of hydrogen-bond donors (Lipinski definition) is 2. The summed E-state index contributed by atoms with van der Waals surface area (Å²) in [5.74, 6) is -3.27. The van der Waals surface area contributed by atoms with Crippen molar-refractivity contribution in [1.82, 2.24) is 0 Å². The minimum absolute atomic E-state index is 0.00450. The molecule has 10 heteroatoms. The van der Waals surface area contributed by atoms with Crippen molar-refractivity contribution < 1.29 is 40.6 Å². The van der Waals surface area contributed by atoms with Crippen LogP contribution in [0.25, 0.3) is 0 Å². The fraction of sp³-hybridized carbons (Fsp3) is 0.812. The van der Waals surface area contributed by atoms with E-state index < -0.39 is 40.5 Å². The fourth-order valence-electron chi connectivity index (χ4n) is 8.40. The Morgan fingerprint density at radius 2 is 1.55 bits per heavy atom. The normalized spacial score (nSPS) is 29.6. The molecule has 0 unspecified atom stereocenters. The van der Waals surface area contributed by atoms with Gasteiger partial charge in [0.2, 0.25) is 0 Å². The molecule has 0 saturated heterocycles. The Morgan fingerprint density at radius 1 is 0.905 bits per heavy atom. The summed E-state index contributed by atoms with van der Waals surface area (Å²) in [6.07, 6.45) is 4.22. The third kappa shape index (κ3) is 7.62. The van der Waals surface area contributed by atoms with Crippen LogP contribution >= 0.6 is 0 Å². The van der Waals surface area contributed by atoms with Crippen molar-refractivity contribution in [2.24, 2.45) is 23.2 Å². The van der Waals surface area contributed by atoms with Crippen LogP contribution in [0.15, 0.2) is 18.2 Å². The molecule has 3 aliphatic rings. The fourth-order valence-corrected chi connectivity index (χ4v) is 9.83. The summed E-state index contributed by atoms with van der Waals surface area (Å²) in [6.45, 7) is 2.28. The van der Waals surface area contributed by atoms with Gasteiger partial charge in [0.05, 0.1) is 17.6 Å². The van der Waals surface area contributed by atoms with E-state index in [-0.39, 0.29) is 17.3 Å². The summed E-state index contributed by atoms with van der Waals surface area (Å²) in [6, 6.07) is 5.86. The molecule has 2 fully saturated rings. The van der Waals surface area contributed by atoms with Gasteiger partial charge < -0.3 is 10.2 Å². The number of aliphatic hydroxyl groups is 1. The van der Waals surface area contributed by atoms with E-state index in [1.807, 2.05) is 12.1 Å². The Labute approximate surface area is 247 Å². The van der Waals surface area contributed by atoms with Crippen LogP contribution in [0.4, 0.5) is 22.0 Å². The number of phenols is 1. The van der Waals surface area contributed by atoms with Gasteiger partial charge in [-0.05, 0) is 104 Å². The van der Waals surface area contributed by atoms with Crippen molar-refractivity contribution in [3.8, 4) is 5.75 Å². The van der Waals surface area contributed by atoms with Crippen molar-refractivity contribution in [2.45, 2.75) is 127 Å². The van der Waals surface area contributed by atoms with Crippen LogP contribution in [0.1, 0.15) is 114 Å². The first-order chi connectivity index (χ1) is 19.6. The van der Waals surface area contributed by atoms with E-state index >= 15 is 0 Å². The van der Waals surface area contributed by atoms with Crippen LogP contribution in [0, 0.1) is 23.2 Å². The van der Waals surface area contributed by atoms with Crippen molar-refractivity contribution >= 4 is 9.84 Å². The molecule has 6 atom stereocenters. The van der Waals surface area contributed by atoms with Gasteiger partial charge in [-0.2, -0.15) is 22.0 Å². The molecular weight excluding hydrogens is 575 g/mol. The average molecular weight is 623 g/mol. The molecule has 4 rings (SSSR count). The van der Waals surface area contributed by atoms with Crippen LogP contribution < -0.4 is 0 Å². The molecule has 0 aliphatic heterocycles. The maximum Gasteiger partial charge on any atom is 0.453 e. The molecule has 3 aliphatic carbocycles. The predicted octanol–water partition coefficient (Wildman–Crippen LogP) is 8.35. The zero-order chi connectivity index (χ0) is 30.8. The van der Waals surface area contributed by atoms with E-state index in [0.29, 0.717) is 42.3 Å². The topological polar surface area (TPSA) is 74.6 Å². The lowest BCUT2D eigenvalue weighted by molar-refractivity contribution is -0.284. The summed E-state index contributed by atoms with van der Waals surface area (Å²) in [7, 11) is -3.64. The van der Waals surface area contributed by atoms with E-state index in [2.05, 4.69) is 13.0 Å². The number of benzene rings is 1. The van der Waals surface area contributed by atoms with Crippen molar-refractivity contribution in [3.63, 3.8) is 0 Å². The number of aromatic hydroxyl groups is 1. The van der Waals surface area contributed by atoms with Gasteiger partial charge in [0.15, 0.2) is 0 Å². The summed E-state index contributed by atoms with van der Waals surface area (Å²) in [5, 5.41) is 21.0. The summed E-state index contributed by atoms with van der Waals surface area (Å²) in [4.78, 5) is 0. The third-order valence-corrected chi connectivity index (χ3v) is 12.5. The van der Waals surface area contributed by atoms with Crippen molar-refractivity contribution in [2.75, 3.05) is 11.5 Å². The number of phenolic OH excluding ortho intramolecular Hbond substituents is 1. The lowest BCUT2D eigenvalue weighted by atomic mass is 9.52. The first-order valence-corrected chi connectivity index (χ1v) is 17.6. The average Bonchev–Trinajstić information content (AvgIpc) is 3.20. The summed E-state index contributed by atoms with van der Waals surface area (Å²) >= 11 is 0. The Balaban J connectivity index is 1.17. The number of fused-ring (bicyclic) bond motifs is 5. The standard InChI is InChI=1S/C32H47F5O4S/c1-30-17-15-26-25-12-11-24(38)21-23(25)20-22(29(26)27(30)13-14-28(30)39)10-7-5-3-2-4-6-8-18-42(40,41)19-9-16-31(33,34)32(35,36)37/h11-12,21-22,26-29,38-39H,2-10,13-20H2,1H3/t22-,26-,27+,28-,29+,30-/m0/s1. The van der Waals surface area contributed by atoms with Gasteiger partial charge in [-0.25, -0.2) is 8.42 Å². The van der Waals surface area contributed by atoms with Crippen LogP contribution in [-0.2, 0) is 16.3 Å². The molecule has 42 heavy (non-hydrogen) atoms. The lowest BCUT2D eigenvalue weighted by Gasteiger charge is -2.53. The van der Waals surface area contributed by atoms with Crippen molar-refractivity contribution in [1.29, 1.82) is 0 Å². The molecule has 0 spiro atoms. The van der Waals surface area contributed by atoms with Crippen LogP contribution in [-0.4, -0.2) is 48.3 Å². The molecule has 0 bridgehead atoms. The van der Waals surface area contributed by atoms with Gasteiger partial charge in [0.1, 0.15) is 15.6 Å². The molecule has 0 heterocycles. The van der Waals surface area contributed by atoms with E-state index in [0.717, 1.165) is 70.6 Å². The minimum Gasteiger partial charge on any atom is -0.508 e. The van der Waals surface area contributed by atoms with Crippen LogP contribution in [0.3, 0.4) is 0 Å². The maximum absolute atomic E-state index is 13.0. The van der Waals surface area contributed by atoms with Crippen molar-refractivity contribution in [3.05, 3.63) is 29.3 Å². The van der Waals surface area contributed by atoms with E-state index in [9.17, 15) is 40.6 Å². The second-order valence-electron chi connectivity index (χ2n) is 13.5. The third-order valence-electron chi connectivity index (χ3n) is 10.7. The first kappa shape index (κ1) is 33.5. The molecule has 0 radical (unpaired) electrons. The maximum atomic E-state index is 13.0. The Kier molecular flexibility index (Phi) is 10.6. The largest absolute Gasteiger partial charge is 0.508 e. The smallest absolute Gasteiger partial charge is 0.453 e. The quantitative estimate of drug-likeness (QED) is 0.162. The molecule has 4 nitrogen and oxygen atoms in total. The Hall–Kier alpha value is -1.42. The van der Waals surface area contributed by atoms with E-state index in [4.69, 9.17) is 0 Å².